The second kappa shape index (κ2) is 7.37. The van der Waals surface area contributed by atoms with Crippen molar-refractivity contribution in [3.8, 4) is 0 Å². The SMILES string of the molecule is Cn1cc(Cl)c(C(=O)Nc2nn(Cc3ccc(Cl)cc3Cl)cc2Br)n1. The number of hydrogen-bond acceptors (Lipinski definition) is 3. The molecule has 0 fully saturated rings. The Balaban J connectivity index is 1.78. The molecule has 3 rings (SSSR count). The number of hydrogen-bond donors (Lipinski definition) is 1. The summed E-state index contributed by atoms with van der Waals surface area (Å²) in [5.74, 6) is -0.0853. The molecule has 6 nitrogen and oxygen atoms in total. The summed E-state index contributed by atoms with van der Waals surface area (Å²) in [5.41, 5.74) is 0.984. The highest BCUT2D eigenvalue weighted by atomic mass is 79.9. The highest BCUT2D eigenvalue weighted by Gasteiger charge is 2.18. The maximum absolute atomic E-state index is 12.3. The highest BCUT2D eigenvalue weighted by Crippen LogP contribution is 2.25. The molecule has 1 aromatic carbocycles. The molecule has 0 bridgehead atoms. The first-order valence-corrected chi connectivity index (χ1v) is 8.93. The maximum Gasteiger partial charge on any atom is 0.278 e. The van der Waals surface area contributed by atoms with Crippen LogP contribution in [0.1, 0.15) is 16.1 Å². The van der Waals surface area contributed by atoms with Gasteiger partial charge in [-0.15, -0.1) is 0 Å². The predicted molar refractivity (Wildman–Crippen MR) is 102 cm³/mol. The zero-order valence-corrected chi connectivity index (χ0v) is 16.7. The summed E-state index contributed by atoms with van der Waals surface area (Å²) >= 11 is 21.4. The number of amides is 1. The van der Waals surface area contributed by atoms with Gasteiger partial charge in [0.25, 0.3) is 5.91 Å². The van der Waals surface area contributed by atoms with Gasteiger partial charge in [-0.05, 0) is 33.6 Å². The zero-order valence-electron chi connectivity index (χ0n) is 12.8. The number of halogens is 4. The summed E-state index contributed by atoms with van der Waals surface area (Å²) in [6.45, 7) is 0.425. The number of nitrogens with zero attached hydrogens (tertiary/aromatic N) is 4. The van der Waals surface area contributed by atoms with Crippen molar-refractivity contribution in [2.75, 3.05) is 5.32 Å². The number of carbonyl (C=O) groups is 1. The molecule has 3 aromatic rings. The fraction of sp³-hybridized carbons (Fsp3) is 0.133. The van der Waals surface area contributed by atoms with Crippen molar-refractivity contribution in [2.45, 2.75) is 6.54 Å². The van der Waals surface area contributed by atoms with Gasteiger partial charge in [-0.2, -0.15) is 10.2 Å². The molecule has 0 atom stereocenters. The van der Waals surface area contributed by atoms with Crippen molar-refractivity contribution in [1.29, 1.82) is 0 Å². The topological polar surface area (TPSA) is 64.7 Å². The average molecular weight is 464 g/mol. The third-order valence-corrected chi connectivity index (χ3v) is 4.74. The maximum atomic E-state index is 12.3. The minimum atomic E-state index is -0.443. The monoisotopic (exact) mass is 461 g/mol. The lowest BCUT2D eigenvalue weighted by atomic mass is 10.2. The average Bonchev–Trinajstić information content (AvgIpc) is 3.04. The minimum absolute atomic E-state index is 0.131. The van der Waals surface area contributed by atoms with Crippen molar-refractivity contribution < 1.29 is 4.79 Å². The van der Waals surface area contributed by atoms with Gasteiger partial charge in [0.1, 0.15) is 0 Å². The quantitative estimate of drug-likeness (QED) is 0.613. The Bertz CT molecular complexity index is 953. The van der Waals surface area contributed by atoms with Crippen LogP contribution in [0.3, 0.4) is 0 Å². The second-order valence-electron chi connectivity index (χ2n) is 5.21. The molecule has 0 aliphatic rings. The largest absolute Gasteiger partial charge is 0.303 e. The summed E-state index contributed by atoms with van der Waals surface area (Å²) < 4.78 is 3.74. The predicted octanol–water partition coefficient (Wildman–Crippen LogP) is 4.64. The lowest BCUT2D eigenvalue weighted by Crippen LogP contribution is -2.14. The van der Waals surface area contributed by atoms with E-state index in [4.69, 9.17) is 34.8 Å². The Morgan fingerprint density at radius 1 is 1.20 bits per heavy atom. The van der Waals surface area contributed by atoms with Gasteiger partial charge in [-0.3, -0.25) is 14.2 Å². The van der Waals surface area contributed by atoms with Gasteiger partial charge in [-0.25, -0.2) is 0 Å². The smallest absolute Gasteiger partial charge is 0.278 e. The molecule has 0 unspecified atom stereocenters. The van der Waals surface area contributed by atoms with E-state index in [1.165, 1.54) is 4.68 Å². The molecule has 0 spiro atoms. The van der Waals surface area contributed by atoms with Crippen molar-refractivity contribution in [3.05, 3.63) is 61.4 Å². The van der Waals surface area contributed by atoms with Gasteiger partial charge in [0.2, 0.25) is 0 Å². The molecule has 0 radical (unpaired) electrons. The van der Waals surface area contributed by atoms with Crippen LogP contribution in [0.25, 0.3) is 0 Å². The third kappa shape index (κ3) is 4.17. The fourth-order valence-electron chi connectivity index (χ4n) is 2.17. The van der Waals surface area contributed by atoms with Gasteiger partial charge >= 0.3 is 0 Å². The number of carbonyl (C=O) groups excluding carboxylic acids is 1. The van der Waals surface area contributed by atoms with Crippen LogP contribution in [0.5, 0.6) is 0 Å². The normalized spacial score (nSPS) is 10.9. The van der Waals surface area contributed by atoms with Crippen molar-refractivity contribution in [1.82, 2.24) is 19.6 Å². The molecule has 25 heavy (non-hydrogen) atoms. The van der Waals surface area contributed by atoms with Crippen LogP contribution in [0.4, 0.5) is 5.82 Å². The third-order valence-electron chi connectivity index (χ3n) is 3.30. The lowest BCUT2D eigenvalue weighted by Gasteiger charge is -2.05. The van der Waals surface area contributed by atoms with Crippen molar-refractivity contribution >= 4 is 62.5 Å². The second-order valence-corrected chi connectivity index (χ2v) is 7.32. The van der Waals surface area contributed by atoms with Crippen LogP contribution in [0.15, 0.2) is 35.1 Å². The van der Waals surface area contributed by atoms with Gasteiger partial charge in [-0.1, -0.05) is 40.9 Å². The summed E-state index contributed by atoms with van der Waals surface area (Å²) in [6, 6.07) is 5.25. The Labute approximate surface area is 166 Å². The van der Waals surface area contributed by atoms with E-state index >= 15 is 0 Å². The van der Waals surface area contributed by atoms with Crippen LogP contribution >= 0.6 is 50.7 Å². The Kier molecular flexibility index (Phi) is 5.38. The first-order valence-electron chi connectivity index (χ1n) is 7.01. The number of aromatic nitrogens is 4. The van der Waals surface area contributed by atoms with Crippen molar-refractivity contribution in [3.63, 3.8) is 0 Å². The van der Waals surface area contributed by atoms with Crippen LogP contribution in [-0.4, -0.2) is 25.5 Å². The first kappa shape index (κ1) is 18.3. The van der Waals surface area contributed by atoms with E-state index in [0.29, 0.717) is 26.9 Å². The molecule has 130 valence electrons. The molecule has 0 saturated carbocycles. The summed E-state index contributed by atoms with van der Waals surface area (Å²) in [5, 5.41) is 12.4. The van der Waals surface area contributed by atoms with Crippen molar-refractivity contribution in [2.24, 2.45) is 7.05 Å². The number of anilines is 1. The molecule has 0 aliphatic carbocycles. The molecule has 10 heteroatoms. The zero-order chi connectivity index (χ0) is 18.1. The van der Waals surface area contributed by atoms with E-state index in [2.05, 4.69) is 31.4 Å². The molecular formula is C15H11BrCl3N5O. The van der Waals surface area contributed by atoms with Gasteiger partial charge in [0.15, 0.2) is 11.5 Å². The van der Waals surface area contributed by atoms with E-state index in [1.54, 1.807) is 36.3 Å². The number of rotatable bonds is 4. The standard InChI is InChI=1S/C15H11BrCl3N5O/c1-23-7-12(19)13(21-23)15(25)20-14-10(16)6-24(22-14)5-8-2-3-9(17)4-11(8)18/h2-4,6-7H,5H2,1H3,(H,20,22,25). The molecule has 0 saturated heterocycles. The van der Waals surface area contributed by atoms with E-state index < -0.39 is 5.91 Å². The van der Waals surface area contributed by atoms with E-state index in [-0.39, 0.29) is 10.7 Å². The highest BCUT2D eigenvalue weighted by molar-refractivity contribution is 9.10. The van der Waals surface area contributed by atoms with Crippen LogP contribution in [0, 0.1) is 0 Å². The lowest BCUT2D eigenvalue weighted by molar-refractivity contribution is 0.102. The number of benzene rings is 1. The number of nitrogens with one attached hydrogen (secondary N) is 1. The first-order chi connectivity index (χ1) is 11.8. The summed E-state index contributed by atoms with van der Waals surface area (Å²) in [7, 11) is 1.68. The molecule has 2 heterocycles. The molecular weight excluding hydrogens is 452 g/mol. The van der Waals surface area contributed by atoms with E-state index in [9.17, 15) is 4.79 Å². The Morgan fingerprint density at radius 2 is 1.96 bits per heavy atom. The molecule has 1 amide bonds. The van der Waals surface area contributed by atoms with Crippen LogP contribution in [-0.2, 0) is 13.6 Å². The van der Waals surface area contributed by atoms with E-state index in [0.717, 1.165) is 5.56 Å². The van der Waals surface area contributed by atoms with Gasteiger partial charge < -0.3 is 5.32 Å². The molecule has 0 aliphatic heterocycles. The Hall–Kier alpha value is -1.54. The van der Waals surface area contributed by atoms with Gasteiger partial charge in [0.05, 0.1) is 16.0 Å². The van der Waals surface area contributed by atoms with E-state index in [1.807, 2.05) is 6.07 Å². The summed E-state index contributed by atoms with van der Waals surface area (Å²) in [4.78, 5) is 12.3. The Morgan fingerprint density at radius 3 is 2.60 bits per heavy atom. The van der Waals surface area contributed by atoms with Crippen LogP contribution in [0.2, 0.25) is 15.1 Å². The summed E-state index contributed by atoms with van der Waals surface area (Å²) in [6.07, 6.45) is 3.28. The van der Waals surface area contributed by atoms with Gasteiger partial charge in [0, 0.05) is 29.5 Å². The fourth-order valence-corrected chi connectivity index (χ4v) is 3.32. The van der Waals surface area contributed by atoms with Crippen LogP contribution < -0.4 is 5.32 Å². The molecule has 1 N–H and O–H groups in total. The molecule has 2 aromatic heterocycles. The minimum Gasteiger partial charge on any atom is -0.303 e. The number of aryl methyl sites for hydroxylation is 1.